The van der Waals surface area contributed by atoms with Crippen molar-refractivity contribution < 1.29 is 14.2 Å². The molecule has 6 heteroatoms. The van der Waals surface area contributed by atoms with Crippen LogP contribution in [0.4, 0.5) is 0 Å². The van der Waals surface area contributed by atoms with Gasteiger partial charge in [-0.2, -0.15) is 0 Å². The number of methoxy groups -OCH3 is 1. The van der Waals surface area contributed by atoms with Gasteiger partial charge in [0, 0.05) is 0 Å². The molecular formula is C16H20N2O3Se. The van der Waals surface area contributed by atoms with Crippen molar-refractivity contribution in [3.05, 3.63) is 16.6 Å². The molecule has 0 amide bonds. The molecule has 0 saturated carbocycles. The van der Waals surface area contributed by atoms with E-state index in [1.54, 1.807) is 7.11 Å². The summed E-state index contributed by atoms with van der Waals surface area (Å²) in [6.07, 6.45) is 1.05. The van der Waals surface area contributed by atoms with Crippen LogP contribution in [0, 0.1) is 0 Å². The zero-order valence-corrected chi connectivity index (χ0v) is 15.2. The van der Waals surface area contributed by atoms with Crippen LogP contribution in [0.3, 0.4) is 0 Å². The van der Waals surface area contributed by atoms with Gasteiger partial charge in [0.1, 0.15) is 0 Å². The number of aromatic nitrogens is 2. The summed E-state index contributed by atoms with van der Waals surface area (Å²) < 4.78 is 23.0. The Bertz CT molecular complexity index is 697. The van der Waals surface area contributed by atoms with E-state index in [4.69, 9.17) is 14.2 Å². The van der Waals surface area contributed by atoms with Crippen molar-refractivity contribution in [2.24, 2.45) is 0 Å². The summed E-state index contributed by atoms with van der Waals surface area (Å²) >= 11 is 0.00958. The van der Waals surface area contributed by atoms with Crippen LogP contribution in [-0.2, 0) is 5.60 Å². The second-order valence-corrected chi connectivity index (χ2v) is 7.48. The zero-order chi connectivity index (χ0) is 15.9. The summed E-state index contributed by atoms with van der Waals surface area (Å²) in [5, 5.41) is 4.33. The van der Waals surface area contributed by atoms with Crippen LogP contribution >= 0.6 is 0 Å². The van der Waals surface area contributed by atoms with Crippen molar-refractivity contribution >= 4 is 14.7 Å². The molecule has 2 aromatic rings. The maximum atomic E-state index is 6.19. The van der Waals surface area contributed by atoms with E-state index in [0.29, 0.717) is 11.5 Å². The molecule has 22 heavy (non-hydrogen) atoms. The number of hydrogen-bond acceptors (Lipinski definition) is 5. The summed E-state index contributed by atoms with van der Waals surface area (Å²) in [5.41, 5.74) is 1.49. The molecule has 1 atom stereocenters. The van der Waals surface area contributed by atoms with Crippen molar-refractivity contribution in [1.29, 1.82) is 0 Å². The molecule has 118 valence electrons. The number of hydrogen-bond donors (Lipinski definition) is 0. The topological polar surface area (TPSA) is 53.5 Å². The molecule has 1 aliphatic rings. The van der Waals surface area contributed by atoms with Crippen molar-refractivity contribution in [3.8, 4) is 28.5 Å². The molecule has 0 radical (unpaired) electrons. The van der Waals surface area contributed by atoms with E-state index in [1.165, 1.54) is 4.44 Å². The summed E-state index contributed by atoms with van der Waals surface area (Å²) in [6.45, 7) is 8.25. The molecule has 0 saturated heterocycles. The first-order valence-corrected chi connectivity index (χ1v) is 8.99. The van der Waals surface area contributed by atoms with E-state index in [0.717, 1.165) is 23.4 Å². The molecule has 0 bridgehead atoms. The van der Waals surface area contributed by atoms with E-state index in [-0.39, 0.29) is 26.4 Å². The average molecular weight is 367 g/mol. The van der Waals surface area contributed by atoms with Crippen LogP contribution in [0.25, 0.3) is 11.3 Å². The first-order valence-electron chi connectivity index (χ1n) is 7.37. The van der Waals surface area contributed by atoms with Crippen LogP contribution in [0.5, 0.6) is 17.2 Å². The van der Waals surface area contributed by atoms with Crippen molar-refractivity contribution in [3.63, 3.8) is 0 Å². The fourth-order valence-electron chi connectivity index (χ4n) is 2.45. The SMILES string of the molecule is CCC(C)Oc1cc2c(cc1OC)-c1nn[se]c1C(C)(C)O2. The molecule has 0 fully saturated rings. The van der Waals surface area contributed by atoms with Crippen molar-refractivity contribution in [1.82, 2.24) is 9.19 Å². The number of fused-ring (bicyclic) bond motifs is 3. The van der Waals surface area contributed by atoms with Gasteiger partial charge in [-0.05, 0) is 0 Å². The van der Waals surface area contributed by atoms with Crippen molar-refractivity contribution in [2.75, 3.05) is 7.11 Å². The van der Waals surface area contributed by atoms with E-state index >= 15 is 0 Å². The first-order chi connectivity index (χ1) is 10.5. The Kier molecular flexibility index (Phi) is 3.91. The first kappa shape index (κ1) is 15.4. The Morgan fingerprint density at radius 3 is 2.77 bits per heavy atom. The Morgan fingerprint density at radius 2 is 2.09 bits per heavy atom. The van der Waals surface area contributed by atoms with Gasteiger partial charge in [-0.1, -0.05) is 0 Å². The van der Waals surface area contributed by atoms with Gasteiger partial charge in [-0.25, -0.2) is 0 Å². The van der Waals surface area contributed by atoms with Gasteiger partial charge >= 0.3 is 136 Å². The van der Waals surface area contributed by atoms with E-state index < -0.39 is 0 Å². The van der Waals surface area contributed by atoms with Gasteiger partial charge in [-0.3, -0.25) is 0 Å². The number of nitrogens with zero attached hydrogens (tertiary/aromatic N) is 2. The third-order valence-corrected chi connectivity index (χ3v) is 5.99. The monoisotopic (exact) mass is 368 g/mol. The van der Waals surface area contributed by atoms with Gasteiger partial charge in [0.15, 0.2) is 0 Å². The maximum absolute atomic E-state index is 6.19. The van der Waals surface area contributed by atoms with Gasteiger partial charge < -0.3 is 0 Å². The predicted octanol–water partition coefficient (Wildman–Crippen LogP) is 3.01. The summed E-state index contributed by atoms with van der Waals surface area (Å²) in [4.78, 5) is 0. The summed E-state index contributed by atoms with van der Waals surface area (Å²) in [5.74, 6) is 2.18. The van der Waals surface area contributed by atoms with E-state index in [1.807, 2.05) is 19.1 Å². The molecule has 5 nitrogen and oxygen atoms in total. The van der Waals surface area contributed by atoms with Crippen LogP contribution in [-0.4, -0.2) is 37.1 Å². The third-order valence-electron chi connectivity index (χ3n) is 3.82. The van der Waals surface area contributed by atoms with Crippen molar-refractivity contribution in [2.45, 2.75) is 45.8 Å². The molecule has 1 unspecified atom stereocenters. The number of rotatable bonds is 4. The number of benzene rings is 1. The minimum atomic E-state index is -0.381. The van der Waals surface area contributed by atoms with Gasteiger partial charge in [0.25, 0.3) is 0 Å². The molecule has 1 aromatic carbocycles. The van der Waals surface area contributed by atoms with Crippen LogP contribution in [0.15, 0.2) is 12.1 Å². The van der Waals surface area contributed by atoms with Gasteiger partial charge in [-0.15, -0.1) is 0 Å². The minimum absolute atomic E-state index is 0.00958. The Hall–Kier alpha value is -1.52. The van der Waals surface area contributed by atoms with Crippen LogP contribution < -0.4 is 14.2 Å². The Labute approximate surface area is 136 Å². The van der Waals surface area contributed by atoms with E-state index in [2.05, 4.69) is 30.0 Å². The fourth-order valence-corrected chi connectivity index (χ4v) is 3.92. The predicted molar refractivity (Wildman–Crippen MR) is 85.0 cm³/mol. The van der Waals surface area contributed by atoms with E-state index in [9.17, 15) is 0 Å². The molecule has 1 aromatic heterocycles. The third kappa shape index (κ3) is 2.50. The number of ether oxygens (including phenoxy) is 3. The molecular weight excluding hydrogens is 347 g/mol. The summed E-state index contributed by atoms with van der Waals surface area (Å²) in [6, 6.07) is 3.85. The standard InChI is InChI=1S/C16H20N2O3Se/c1-6-9(2)20-13-8-11-10(7-12(13)19-5)14-15(22-18-17-14)16(3,4)21-11/h7-9H,6H2,1-5H3. The summed E-state index contributed by atoms with van der Waals surface area (Å²) in [7, 11) is 1.65. The molecule has 2 heterocycles. The average Bonchev–Trinajstić information content (AvgIpc) is 2.97. The molecule has 0 N–H and O–H groups in total. The second-order valence-electron chi connectivity index (χ2n) is 5.90. The van der Waals surface area contributed by atoms with Gasteiger partial charge in [0.2, 0.25) is 0 Å². The van der Waals surface area contributed by atoms with Gasteiger partial charge in [0.05, 0.1) is 0 Å². The molecule has 3 rings (SSSR count). The molecule has 0 aliphatic carbocycles. The normalized spacial score (nSPS) is 16.2. The zero-order valence-electron chi connectivity index (χ0n) is 13.5. The molecule has 0 spiro atoms. The molecule has 1 aliphatic heterocycles. The van der Waals surface area contributed by atoms with Crippen LogP contribution in [0.2, 0.25) is 0 Å². The second kappa shape index (κ2) is 5.60. The van der Waals surface area contributed by atoms with Crippen LogP contribution in [0.1, 0.15) is 38.6 Å². The fraction of sp³-hybridized carbons (Fsp3) is 0.500. The Balaban J connectivity index is 2.11. The quantitative estimate of drug-likeness (QED) is 0.778. The Morgan fingerprint density at radius 1 is 1.32 bits per heavy atom.